The summed E-state index contributed by atoms with van der Waals surface area (Å²) in [5.74, 6) is -1.45. The minimum atomic E-state index is -2.62. The van der Waals surface area contributed by atoms with Crippen LogP contribution in [0.15, 0.2) is 24.5 Å². The van der Waals surface area contributed by atoms with E-state index >= 15 is 0 Å². The molecule has 0 bridgehead atoms. The third-order valence-electron chi connectivity index (χ3n) is 4.25. The van der Waals surface area contributed by atoms with Crippen molar-refractivity contribution in [2.75, 3.05) is 11.9 Å². The second kappa shape index (κ2) is 7.99. The molecule has 0 aliphatic rings. The van der Waals surface area contributed by atoms with Gasteiger partial charge >= 0.3 is 0 Å². The third kappa shape index (κ3) is 4.15. The average molecular weight is 397 g/mol. The molecule has 10 heteroatoms. The lowest BCUT2D eigenvalue weighted by Gasteiger charge is -2.19. The summed E-state index contributed by atoms with van der Waals surface area (Å²) in [7, 11) is 0. The van der Waals surface area contributed by atoms with Gasteiger partial charge in [-0.2, -0.15) is 5.10 Å². The fourth-order valence-electron chi connectivity index (χ4n) is 2.39. The van der Waals surface area contributed by atoms with Crippen LogP contribution in [0.4, 0.5) is 23.4 Å². The molecule has 1 atom stereocenters. The molecule has 0 aliphatic carbocycles. The lowest BCUT2D eigenvalue weighted by molar-refractivity contribution is 0.0817. The topological polar surface area (TPSA) is 64.3 Å². The number of alkyl halides is 2. The minimum absolute atomic E-state index is 0.0792. The van der Waals surface area contributed by atoms with Crippen LogP contribution in [0, 0.1) is 17.6 Å². The highest BCUT2D eigenvalue weighted by molar-refractivity contribution is 5.62. The summed E-state index contributed by atoms with van der Waals surface area (Å²) in [5, 5.41) is 6.97. The molecule has 0 amide bonds. The van der Waals surface area contributed by atoms with Gasteiger partial charge in [0.15, 0.2) is 23.1 Å². The number of hydrogen-bond donors (Lipinski definition) is 1. The number of nitrogens with zero attached hydrogens (tertiary/aromatic N) is 4. The number of rotatable bonds is 7. The van der Waals surface area contributed by atoms with Crippen LogP contribution < -0.4 is 10.1 Å². The summed E-state index contributed by atoms with van der Waals surface area (Å²) in [6.45, 7) is 5.01. The third-order valence-corrected chi connectivity index (χ3v) is 4.25. The Labute approximate surface area is 158 Å². The van der Waals surface area contributed by atoms with Crippen LogP contribution in [0.1, 0.15) is 20.8 Å². The zero-order valence-corrected chi connectivity index (χ0v) is 15.5. The van der Waals surface area contributed by atoms with Crippen LogP contribution in [0.2, 0.25) is 0 Å². The van der Waals surface area contributed by atoms with E-state index in [2.05, 4.69) is 20.4 Å². The standard InChI is InChI=1S/C18H19F4N5O/c1-9(2)10(3)25-18-13(20)5-12(19)17(26-18)14-7-23-16-4-11(6-24-27(14)16)28-8-15(21)22/h4-7,9-10,15H,8H2,1-3H3,(H,25,26)/t10-/m0/s1. The summed E-state index contributed by atoms with van der Waals surface area (Å²) >= 11 is 0. The smallest absolute Gasteiger partial charge is 0.272 e. The Morgan fingerprint density at radius 1 is 1.11 bits per heavy atom. The number of imidazole rings is 1. The van der Waals surface area contributed by atoms with Gasteiger partial charge in [0.25, 0.3) is 6.43 Å². The normalized spacial score (nSPS) is 12.8. The van der Waals surface area contributed by atoms with Gasteiger partial charge in [0, 0.05) is 18.2 Å². The van der Waals surface area contributed by atoms with Gasteiger partial charge < -0.3 is 10.1 Å². The van der Waals surface area contributed by atoms with E-state index in [0.29, 0.717) is 0 Å². The fourth-order valence-corrected chi connectivity index (χ4v) is 2.39. The van der Waals surface area contributed by atoms with Crippen molar-refractivity contribution < 1.29 is 22.3 Å². The van der Waals surface area contributed by atoms with Crippen molar-refractivity contribution in [3.8, 4) is 17.1 Å². The number of aromatic nitrogens is 4. The predicted octanol–water partition coefficient (Wildman–Crippen LogP) is 4.17. The van der Waals surface area contributed by atoms with E-state index in [1.54, 1.807) is 0 Å². The van der Waals surface area contributed by atoms with Gasteiger partial charge in [-0.05, 0) is 12.8 Å². The van der Waals surface area contributed by atoms with Gasteiger partial charge in [-0.1, -0.05) is 13.8 Å². The molecule has 0 aliphatic heterocycles. The van der Waals surface area contributed by atoms with E-state index in [-0.39, 0.29) is 40.6 Å². The van der Waals surface area contributed by atoms with Gasteiger partial charge in [0.1, 0.15) is 23.7 Å². The zero-order valence-electron chi connectivity index (χ0n) is 15.5. The second-order valence-corrected chi connectivity index (χ2v) is 6.63. The van der Waals surface area contributed by atoms with Crippen LogP contribution >= 0.6 is 0 Å². The van der Waals surface area contributed by atoms with Crippen LogP contribution in [0.3, 0.4) is 0 Å². The molecule has 6 nitrogen and oxygen atoms in total. The molecular formula is C18H19F4N5O. The molecule has 0 unspecified atom stereocenters. The van der Waals surface area contributed by atoms with E-state index in [0.717, 1.165) is 6.07 Å². The largest absolute Gasteiger partial charge is 0.486 e. The number of pyridine rings is 1. The van der Waals surface area contributed by atoms with Crippen molar-refractivity contribution in [1.29, 1.82) is 0 Å². The second-order valence-electron chi connectivity index (χ2n) is 6.63. The molecule has 3 heterocycles. The van der Waals surface area contributed by atoms with Gasteiger partial charge in [-0.25, -0.2) is 32.0 Å². The van der Waals surface area contributed by atoms with Crippen LogP contribution in [-0.4, -0.2) is 38.7 Å². The monoisotopic (exact) mass is 397 g/mol. The van der Waals surface area contributed by atoms with Crippen LogP contribution in [-0.2, 0) is 0 Å². The van der Waals surface area contributed by atoms with Crippen molar-refractivity contribution >= 4 is 11.5 Å². The van der Waals surface area contributed by atoms with Crippen molar-refractivity contribution in [2.24, 2.45) is 5.92 Å². The minimum Gasteiger partial charge on any atom is -0.486 e. The van der Waals surface area contributed by atoms with E-state index in [4.69, 9.17) is 4.74 Å². The van der Waals surface area contributed by atoms with Crippen molar-refractivity contribution in [2.45, 2.75) is 33.2 Å². The highest BCUT2D eigenvalue weighted by Crippen LogP contribution is 2.27. The first-order valence-corrected chi connectivity index (χ1v) is 8.64. The first-order chi connectivity index (χ1) is 13.3. The molecule has 28 heavy (non-hydrogen) atoms. The molecule has 0 aromatic carbocycles. The molecule has 0 spiro atoms. The Morgan fingerprint density at radius 3 is 2.54 bits per heavy atom. The molecule has 3 aromatic rings. The van der Waals surface area contributed by atoms with Crippen molar-refractivity contribution in [3.63, 3.8) is 0 Å². The van der Waals surface area contributed by atoms with Gasteiger partial charge in [0.05, 0.1) is 12.4 Å². The van der Waals surface area contributed by atoms with E-state index in [1.165, 1.54) is 23.0 Å². The number of ether oxygens (including phenoxy) is 1. The number of hydrogen-bond acceptors (Lipinski definition) is 5. The summed E-state index contributed by atoms with van der Waals surface area (Å²) < 4.78 is 59.2. The first-order valence-electron chi connectivity index (χ1n) is 8.64. The summed E-state index contributed by atoms with van der Waals surface area (Å²) in [6.07, 6.45) is -0.0941. The number of halogens is 4. The highest BCUT2D eigenvalue weighted by Gasteiger charge is 2.19. The quantitative estimate of drug-likeness (QED) is 0.607. The zero-order chi connectivity index (χ0) is 20.4. The molecule has 0 saturated carbocycles. The van der Waals surface area contributed by atoms with Crippen LogP contribution in [0.5, 0.6) is 5.75 Å². The Bertz CT molecular complexity index is 976. The molecule has 150 valence electrons. The Balaban J connectivity index is 1.97. The summed E-state index contributed by atoms with van der Waals surface area (Å²) in [6, 6.07) is 2.05. The lowest BCUT2D eigenvalue weighted by atomic mass is 10.1. The van der Waals surface area contributed by atoms with E-state index < -0.39 is 24.7 Å². The predicted molar refractivity (Wildman–Crippen MR) is 95.6 cm³/mol. The molecular weight excluding hydrogens is 378 g/mol. The lowest BCUT2D eigenvalue weighted by Crippen LogP contribution is -2.23. The molecule has 0 saturated heterocycles. The van der Waals surface area contributed by atoms with Crippen molar-refractivity contribution in [3.05, 3.63) is 36.2 Å². The van der Waals surface area contributed by atoms with Gasteiger partial charge in [-0.3, -0.25) is 0 Å². The molecule has 0 radical (unpaired) electrons. The summed E-state index contributed by atoms with van der Waals surface area (Å²) in [5.41, 5.74) is 0.298. The number of nitrogens with one attached hydrogen (secondary N) is 1. The first kappa shape index (κ1) is 19.8. The number of anilines is 1. The Morgan fingerprint density at radius 2 is 1.86 bits per heavy atom. The molecule has 3 aromatic heterocycles. The van der Waals surface area contributed by atoms with E-state index in [9.17, 15) is 17.6 Å². The maximum Gasteiger partial charge on any atom is 0.272 e. The molecule has 3 rings (SSSR count). The van der Waals surface area contributed by atoms with Gasteiger partial charge in [0.2, 0.25) is 0 Å². The highest BCUT2D eigenvalue weighted by atomic mass is 19.3. The fraction of sp³-hybridized carbons (Fsp3) is 0.389. The van der Waals surface area contributed by atoms with Gasteiger partial charge in [-0.15, -0.1) is 0 Å². The van der Waals surface area contributed by atoms with Crippen molar-refractivity contribution in [1.82, 2.24) is 19.6 Å². The number of fused-ring (bicyclic) bond motifs is 1. The molecule has 0 fully saturated rings. The van der Waals surface area contributed by atoms with Crippen LogP contribution in [0.25, 0.3) is 17.0 Å². The summed E-state index contributed by atoms with van der Waals surface area (Å²) in [4.78, 5) is 8.15. The SMILES string of the molecule is CC(C)[C@H](C)Nc1nc(-c2cnc3cc(OCC(F)F)cnn23)c(F)cc1F. The molecule has 1 N–H and O–H groups in total. The van der Waals surface area contributed by atoms with E-state index in [1.807, 2.05) is 20.8 Å². The maximum absolute atomic E-state index is 14.4. The average Bonchev–Trinajstić information content (AvgIpc) is 3.05. The Hall–Kier alpha value is -2.91. The maximum atomic E-state index is 14.4. The Kier molecular flexibility index (Phi) is 5.66.